The topological polar surface area (TPSA) is 72.8 Å². The van der Waals surface area contributed by atoms with Gasteiger partial charge < -0.3 is 14.6 Å². The fraction of sp³-hybridized carbons (Fsp3) is 0.750. The van der Waals surface area contributed by atoms with Gasteiger partial charge in [-0.2, -0.15) is 0 Å². The fourth-order valence-electron chi connectivity index (χ4n) is 3.91. The van der Waals surface area contributed by atoms with Gasteiger partial charge in [-0.1, -0.05) is 45.9 Å². The first-order chi connectivity index (χ1) is 17.6. The van der Waals surface area contributed by atoms with Crippen LogP contribution in [0.5, 0.6) is 0 Å². The molecule has 0 saturated carbocycles. The molecule has 5 heteroatoms. The number of fused-ring (bicyclic) bond motifs is 1. The van der Waals surface area contributed by atoms with E-state index in [1.54, 1.807) is 6.92 Å². The molecule has 3 aliphatic rings. The third-order valence-corrected chi connectivity index (χ3v) is 5.68. The first-order valence-electron chi connectivity index (χ1n) is 15.1. The number of rotatable bonds is 6. The molecule has 1 fully saturated rings. The molecule has 0 spiro atoms. The van der Waals surface area contributed by atoms with E-state index >= 15 is 0 Å². The van der Waals surface area contributed by atoms with Gasteiger partial charge in [0.2, 0.25) is 0 Å². The van der Waals surface area contributed by atoms with Crippen molar-refractivity contribution in [2.24, 2.45) is 29.5 Å². The van der Waals surface area contributed by atoms with Crippen molar-refractivity contribution in [3.8, 4) is 0 Å². The number of hydrogen-bond donors (Lipinski definition) is 1. The zero-order valence-electron chi connectivity index (χ0n) is 27.3. The third-order valence-electron chi connectivity index (χ3n) is 5.68. The molecule has 0 amide bonds. The summed E-state index contributed by atoms with van der Waals surface area (Å²) >= 11 is 0. The van der Waals surface area contributed by atoms with E-state index in [0.29, 0.717) is 0 Å². The van der Waals surface area contributed by atoms with E-state index in [1.807, 2.05) is 0 Å². The van der Waals surface area contributed by atoms with Gasteiger partial charge >= 0.3 is 11.9 Å². The van der Waals surface area contributed by atoms with E-state index in [9.17, 15) is 14.7 Å². The lowest BCUT2D eigenvalue weighted by Gasteiger charge is -2.43. The van der Waals surface area contributed by atoms with E-state index in [1.165, 1.54) is 13.8 Å². The highest BCUT2D eigenvalue weighted by Crippen LogP contribution is 2.45. The molecule has 0 aromatic heterocycles. The van der Waals surface area contributed by atoms with E-state index in [-0.39, 0.29) is 31.3 Å². The number of aliphatic hydroxyl groups is 1. The number of allylic oxidation sites excluding steroid dienone is 3. The standard InChI is InChI=1S/C24H36O5/c1-5-15(3)24(27)29-21-11-14(2)10-17-7-6-16(4)20(23(17)21)9-8-19-12-18(25)13-22(26)28-19/h6-7,10,14-16,18-21,23,25H,5,8-9,11-13H2,1-4H3/t14-,15-,16-,18+,19?,20-,21-,23-/m0/s1/i6D,7D,10D,11D2,13D2,14D,15D,16D. The maximum absolute atomic E-state index is 13.0. The minimum absolute atomic E-state index is 0.0251. The Morgan fingerprint density at radius 3 is 2.97 bits per heavy atom. The summed E-state index contributed by atoms with van der Waals surface area (Å²) in [6.45, 7) is 5.34. The number of aliphatic hydroxyl groups excluding tert-OH is 1. The molecular formula is C24H36O5. The first kappa shape index (κ1) is 12.3. The lowest BCUT2D eigenvalue weighted by Crippen LogP contribution is -2.42. The second-order valence-electron chi connectivity index (χ2n) is 7.83. The fourth-order valence-corrected chi connectivity index (χ4v) is 3.91. The lowest BCUT2D eigenvalue weighted by atomic mass is 9.65. The summed E-state index contributed by atoms with van der Waals surface area (Å²) < 4.78 is 95.6. The highest BCUT2D eigenvalue weighted by atomic mass is 16.5. The van der Waals surface area contributed by atoms with Gasteiger partial charge in [-0.15, -0.1) is 0 Å². The summed E-state index contributed by atoms with van der Waals surface area (Å²) in [5.41, 5.74) is -0.180. The summed E-state index contributed by atoms with van der Waals surface area (Å²) in [5, 5.41) is 10.1. The lowest BCUT2D eigenvalue weighted by molar-refractivity contribution is -0.162. The minimum atomic E-state index is -2.69. The molecule has 29 heavy (non-hydrogen) atoms. The summed E-state index contributed by atoms with van der Waals surface area (Å²) in [4.78, 5) is 25.1. The van der Waals surface area contributed by atoms with Crippen LogP contribution in [0.4, 0.5) is 0 Å². The second-order valence-corrected chi connectivity index (χ2v) is 7.83. The highest BCUT2D eigenvalue weighted by Gasteiger charge is 2.42. The molecule has 0 aromatic rings. The van der Waals surface area contributed by atoms with Crippen LogP contribution in [-0.2, 0) is 19.1 Å². The molecule has 162 valence electrons. The monoisotopic (exact) mass is 414 g/mol. The average Bonchev–Trinajstić information content (AvgIpc) is 2.82. The Hall–Kier alpha value is -1.62. The highest BCUT2D eigenvalue weighted by molar-refractivity contribution is 5.72. The van der Waals surface area contributed by atoms with Crippen molar-refractivity contribution in [1.29, 1.82) is 0 Å². The SMILES string of the molecule is [2H]C1=C([2H])[C@]([2H])(C)[C@H](CCC2C[C@@H](O)C([2H])([2H])C(=O)O2)[C@@H]2C1=C([2H])[C@]([2H])(C)C([2H])([2H])[C@@H]2OC(=O)[C@@]([2H])(C)CC. The van der Waals surface area contributed by atoms with Crippen molar-refractivity contribution in [3.05, 3.63) is 23.7 Å². The molecule has 5 nitrogen and oxygen atoms in total. The van der Waals surface area contributed by atoms with Gasteiger partial charge in [0, 0.05) is 21.9 Å². The number of carbonyl (C=O) groups is 2. The van der Waals surface area contributed by atoms with Crippen LogP contribution in [0.25, 0.3) is 0 Å². The number of esters is 2. The Balaban J connectivity index is 2.12. The van der Waals surface area contributed by atoms with Crippen LogP contribution in [0, 0.1) is 29.5 Å². The molecular weight excluding hydrogens is 368 g/mol. The van der Waals surface area contributed by atoms with Crippen LogP contribution in [0.2, 0.25) is 0 Å². The quantitative estimate of drug-likeness (QED) is 0.660. The van der Waals surface area contributed by atoms with Crippen molar-refractivity contribution in [3.63, 3.8) is 0 Å². The number of ether oxygens (including phenoxy) is 2. The number of cyclic esters (lactones) is 1. The second kappa shape index (κ2) is 9.46. The Kier molecular flexibility index (Phi) is 4.01. The number of carbonyl (C=O) groups excluding carboxylic acids is 2. The molecule has 2 aliphatic carbocycles. The Labute approximate surface area is 188 Å². The molecule has 0 bridgehead atoms. The van der Waals surface area contributed by atoms with Crippen LogP contribution < -0.4 is 0 Å². The Bertz CT molecular complexity index is 1100. The van der Waals surface area contributed by atoms with Crippen molar-refractivity contribution in [2.45, 2.75) is 84.4 Å². The van der Waals surface area contributed by atoms with Crippen molar-refractivity contribution in [2.75, 3.05) is 0 Å². The third kappa shape index (κ3) is 5.30. The average molecular weight is 415 g/mol. The van der Waals surface area contributed by atoms with Crippen molar-refractivity contribution >= 4 is 11.9 Å². The van der Waals surface area contributed by atoms with E-state index < -0.39 is 90.7 Å². The van der Waals surface area contributed by atoms with E-state index in [0.717, 1.165) is 6.92 Å². The van der Waals surface area contributed by atoms with Crippen molar-refractivity contribution < 1.29 is 37.9 Å². The molecule has 1 saturated heterocycles. The van der Waals surface area contributed by atoms with Crippen LogP contribution in [0.3, 0.4) is 0 Å². The summed E-state index contributed by atoms with van der Waals surface area (Å²) in [6, 6.07) is -1.56. The molecule has 1 N–H and O–H groups in total. The Morgan fingerprint density at radius 1 is 1.52 bits per heavy atom. The minimum Gasteiger partial charge on any atom is -0.462 e. The zero-order valence-corrected chi connectivity index (χ0v) is 17.3. The van der Waals surface area contributed by atoms with Crippen LogP contribution >= 0.6 is 0 Å². The van der Waals surface area contributed by atoms with Gasteiger partial charge in [-0.25, -0.2) is 0 Å². The summed E-state index contributed by atoms with van der Waals surface area (Å²) in [6.07, 6.45) is -9.91. The molecule has 1 heterocycles. The van der Waals surface area contributed by atoms with Gasteiger partial charge in [0.25, 0.3) is 0 Å². The molecule has 1 aliphatic heterocycles. The largest absolute Gasteiger partial charge is 0.462 e. The normalized spacial score (nSPS) is 53.6. The number of hydrogen-bond acceptors (Lipinski definition) is 5. The predicted octanol–water partition coefficient (Wildman–Crippen LogP) is 4.20. The van der Waals surface area contributed by atoms with Gasteiger partial charge in [0.1, 0.15) is 12.2 Å². The maximum Gasteiger partial charge on any atom is 0.308 e. The smallest absolute Gasteiger partial charge is 0.308 e. The molecule has 3 rings (SSSR count). The van der Waals surface area contributed by atoms with Crippen molar-refractivity contribution in [1.82, 2.24) is 0 Å². The summed E-state index contributed by atoms with van der Waals surface area (Å²) in [7, 11) is 0. The maximum atomic E-state index is 13.0. The van der Waals surface area contributed by atoms with Gasteiger partial charge in [0.15, 0.2) is 0 Å². The van der Waals surface area contributed by atoms with Crippen LogP contribution in [0.1, 0.15) is 79.8 Å². The van der Waals surface area contributed by atoms with Gasteiger partial charge in [-0.3, -0.25) is 9.59 Å². The molecule has 8 atom stereocenters. The molecule has 0 radical (unpaired) electrons. The van der Waals surface area contributed by atoms with Crippen LogP contribution in [-0.4, -0.2) is 35.4 Å². The zero-order chi connectivity index (χ0) is 30.1. The first-order valence-corrected chi connectivity index (χ1v) is 10.1. The van der Waals surface area contributed by atoms with E-state index in [4.69, 9.17) is 23.2 Å². The molecule has 0 aromatic carbocycles. The summed E-state index contributed by atoms with van der Waals surface area (Å²) in [5.74, 6) is -10.6. The molecule has 1 unspecified atom stereocenters. The van der Waals surface area contributed by atoms with E-state index in [2.05, 4.69) is 0 Å². The van der Waals surface area contributed by atoms with Gasteiger partial charge in [0.05, 0.1) is 22.5 Å². The predicted molar refractivity (Wildman–Crippen MR) is 111 cm³/mol. The van der Waals surface area contributed by atoms with Crippen LogP contribution in [0.15, 0.2) is 23.7 Å². The Morgan fingerprint density at radius 2 is 2.28 bits per heavy atom. The van der Waals surface area contributed by atoms with Gasteiger partial charge in [-0.05, 0) is 48.9 Å².